The van der Waals surface area contributed by atoms with Gasteiger partial charge >= 0.3 is 0 Å². The lowest BCUT2D eigenvalue weighted by Crippen LogP contribution is -2.16. The van der Waals surface area contributed by atoms with Crippen LogP contribution in [0.4, 0.5) is 0 Å². The van der Waals surface area contributed by atoms with Gasteiger partial charge in [0.15, 0.2) is 6.23 Å². The van der Waals surface area contributed by atoms with Crippen LogP contribution in [0.2, 0.25) is 0 Å². The summed E-state index contributed by atoms with van der Waals surface area (Å²) in [5.74, 6) is 2.52. The molecule has 0 fully saturated rings. The van der Waals surface area contributed by atoms with Crippen molar-refractivity contribution in [1.82, 2.24) is 39.7 Å². The van der Waals surface area contributed by atoms with Crippen molar-refractivity contribution < 1.29 is 4.74 Å². The molecule has 1 N–H and O–H groups in total. The van der Waals surface area contributed by atoms with Gasteiger partial charge in [-0.25, -0.2) is 9.97 Å². The lowest BCUT2D eigenvalue weighted by atomic mass is 9.98. The lowest BCUT2D eigenvalue weighted by molar-refractivity contribution is 0.125. The van der Waals surface area contributed by atoms with Gasteiger partial charge in [0.2, 0.25) is 5.82 Å². The SMILES string of the molecule is CCCCc1nc2c(C)ccc(OC(CCCC)n3cnc4ccccc43)c2n1Cc1ccc(-c2ccccc2-c2nn[nH]n2)cc1. The average molecular weight is 625 g/mol. The Hall–Kier alpha value is -5.31. The Morgan fingerprint density at radius 3 is 2.43 bits per heavy atom. The molecule has 0 aliphatic heterocycles. The molecule has 7 rings (SSSR count). The zero-order chi connectivity index (χ0) is 32.2. The first-order valence-corrected chi connectivity index (χ1v) is 16.6. The van der Waals surface area contributed by atoms with Crippen molar-refractivity contribution in [1.29, 1.82) is 0 Å². The van der Waals surface area contributed by atoms with Gasteiger partial charge in [-0.1, -0.05) is 93.4 Å². The molecule has 1 unspecified atom stereocenters. The fraction of sp³-hybridized carbons (Fsp3) is 0.289. The minimum atomic E-state index is -0.186. The van der Waals surface area contributed by atoms with Crippen LogP contribution >= 0.6 is 0 Å². The van der Waals surface area contributed by atoms with Crippen LogP contribution in [0.1, 0.15) is 69.1 Å². The molecule has 3 heterocycles. The summed E-state index contributed by atoms with van der Waals surface area (Å²) in [6.07, 6.45) is 7.84. The van der Waals surface area contributed by atoms with E-state index in [0.29, 0.717) is 12.4 Å². The second-order valence-corrected chi connectivity index (χ2v) is 12.1. The normalized spacial score (nSPS) is 12.2. The van der Waals surface area contributed by atoms with E-state index in [1.54, 1.807) is 0 Å². The van der Waals surface area contributed by atoms with Crippen LogP contribution in [0.25, 0.3) is 44.6 Å². The Bertz CT molecular complexity index is 2090. The molecule has 0 saturated heterocycles. The molecule has 1 atom stereocenters. The van der Waals surface area contributed by atoms with Crippen LogP contribution in [0.3, 0.4) is 0 Å². The number of aromatic nitrogens is 8. The van der Waals surface area contributed by atoms with E-state index in [2.05, 4.69) is 116 Å². The number of fused-ring (bicyclic) bond motifs is 2. The number of nitrogens with one attached hydrogen (secondary N) is 1. The van der Waals surface area contributed by atoms with Gasteiger partial charge in [0.25, 0.3) is 0 Å². The van der Waals surface area contributed by atoms with E-state index >= 15 is 0 Å². The number of tetrazole rings is 1. The number of aryl methyl sites for hydroxylation is 2. The second kappa shape index (κ2) is 13.6. The van der Waals surface area contributed by atoms with Crippen molar-refractivity contribution in [3.63, 3.8) is 0 Å². The summed E-state index contributed by atoms with van der Waals surface area (Å²) >= 11 is 0. The largest absolute Gasteiger partial charge is 0.468 e. The monoisotopic (exact) mass is 624 g/mol. The third-order valence-corrected chi connectivity index (χ3v) is 8.87. The number of aromatic amines is 1. The molecule has 238 valence electrons. The van der Waals surface area contributed by atoms with Crippen molar-refractivity contribution in [3.05, 3.63) is 108 Å². The second-order valence-electron chi connectivity index (χ2n) is 12.1. The van der Waals surface area contributed by atoms with Crippen LogP contribution in [0.5, 0.6) is 5.75 Å². The van der Waals surface area contributed by atoms with Gasteiger partial charge < -0.3 is 9.30 Å². The molecule has 0 aliphatic carbocycles. The van der Waals surface area contributed by atoms with E-state index in [0.717, 1.165) is 94.4 Å². The Kier molecular flexibility index (Phi) is 8.77. The first kappa shape index (κ1) is 30.3. The topological polar surface area (TPSA) is 99.3 Å². The summed E-state index contributed by atoms with van der Waals surface area (Å²) in [6.45, 7) is 7.28. The average Bonchev–Trinajstić information content (AvgIpc) is 3.87. The highest BCUT2D eigenvalue weighted by atomic mass is 16.5. The highest BCUT2D eigenvalue weighted by Gasteiger charge is 2.22. The van der Waals surface area contributed by atoms with Crippen LogP contribution in [0, 0.1) is 6.92 Å². The molecule has 0 spiro atoms. The zero-order valence-corrected chi connectivity index (χ0v) is 27.2. The zero-order valence-electron chi connectivity index (χ0n) is 27.2. The summed E-state index contributed by atoms with van der Waals surface area (Å²) in [5.41, 5.74) is 9.55. The van der Waals surface area contributed by atoms with E-state index in [1.807, 2.05) is 30.6 Å². The lowest BCUT2D eigenvalue weighted by Gasteiger charge is -2.22. The minimum Gasteiger partial charge on any atom is -0.468 e. The van der Waals surface area contributed by atoms with Crippen LogP contribution in [-0.4, -0.2) is 39.7 Å². The van der Waals surface area contributed by atoms with E-state index in [-0.39, 0.29) is 6.23 Å². The molecular formula is C38H40N8O. The standard InChI is InChI=1S/C38H40N8O/c1-4-6-16-34-40-36-26(3)18-23-33(47-35(17-7-5-2)46-25-39-31-14-10-11-15-32(31)46)37(36)45(34)24-27-19-21-28(22-20-27)29-12-8-9-13-30(29)38-41-43-44-42-38/h8-15,18-23,25,35H,4-7,16-17,24H2,1-3H3,(H,41,42,43,44). The molecule has 7 aromatic rings. The number of imidazole rings is 2. The fourth-order valence-electron chi connectivity index (χ4n) is 6.34. The van der Waals surface area contributed by atoms with E-state index in [4.69, 9.17) is 9.72 Å². The summed E-state index contributed by atoms with van der Waals surface area (Å²) in [4.78, 5) is 9.91. The first-order valence-electron chi connectivity index (χ1n) is 16.6. The highest BCUT2D eigenvalue weighted by Crippen LogP contribution is 2.35. The van der Waals surface area contributed by atoms with E-state index in [1.165, 1.54) is 5.56 Å². The smallest absolute Gasteiger partial charge is 0.205 e. The Labute approximate surface area is 274 Å². The van der Waals surface area contributed by atoms with Gasteiger partial charge in [-0.3, -0.25) is 4.57 Å². The number of para-hydroxylation sites is 2. The van der Waals surface area contributed by atoms with Crippen LogP contribution in [0.15, 0.2) is 91.3 Å². The van der Waals surface area contributed by atoms with Crippen molar-refractivity contribution in [3.8, 4) is 28.3 Å². The van der Waals surface area contributed by atoms with E-state index in [9.17, 15) is 0 Å². The molecule has 3 aromatic heterocycles. The predicted octanol–water partition coefficient (Wildman–Crippen LogP) is 8.70. The van der Waals surface area contributed by atoms with Gasteiger partial charge in [0.1, 0.15) is 17.1 Å². The van der Waals surface area contributed by atoms with Crippen molar-refractivity contribution >= 4 is 22.1 Å². The third-order valence-electron chi connectivity index (χ3n) is 8.87. The molecule has 4 aromatic carbocycles. The maximum absolute atomic E-state index is 7.00. The Morgan fingerprint density at radius 2 is 1.64 bits per heavy atom. The van der Waals surface area contributed by atoms with Crippen LogP contribution in [-0.2, 0) is 13.0 Å². The number of hydrogen-bond donors (Lipinski definition) is 1. The van der Waals surface area contributed by atoms with Crippen LogP contribution < -0.4 is 4.74 Å². The summed E-state index contributed by atoms with van der Waals surface area (Å²) in [6, 6.07) is 29.4. The van der Waals surface area contributed by atoms with Gasteiger partial charge in [-0.15, -0.1) is 10.2 Å². The van der Waals surface area contributed by atoms with Gasteiger partial charge in [-0.2, -0.15) is 5.21 Å². The van der Waals surface area contributed by atoms with Gasteiger partial charge in [0.05, 0.1) is 22.9 Å². The number of hydrogen-bond acceptors (Lipinski definition) is 6. The maximum Gasteiger partial charge on any atom is 0.205 e. The molecule has 0 aliphatic rings. The van der Waals surface area contributed by atoms with Crippen molar-refractivity contribution in [2.24, 2.45) is 0 Å². The van der Waals surface area contributed by atoms with Crippen molar-refractivity contribution in [2.75, 3.05) is 0 Å². The van der Waals surface area contributed by atoms with Gasteiger partial charge in [-0.05, 0) is 65.4 Å². The number of benzene rings is 4. The molecule has 0 amide bonds. The molecular weight excluding hydrogens is 584 g/mol. The summed E-state index contributed by atoms with van der Waals surface area (Å²) < 4.78 is 11.6. The third kappa shape index (κ3) is 6.13. The molecule has 0 radical (unpaired) electrons. The molecule has 9 nitrogen and oxygen atoms in total. The Morgan fingerprint density at radius 1 is 0.851 bits per heavy atom. The highest BCUT2D eigenvalue weighted by molar-refractivity contribution is 5.86. The fourth-order valence-corrected chi connectivity index (χ4v) is 6.34. The number of nitrogens with zero attached hydrogens (tertiary/aromatic N) is 7. The number of H-pyrrole nitrogens is 1. The van der Waals surface area contributed by atoms with Crippen molar-refractivity contribution in [2.45, 2.75) is 72.1 Å². The predicted molar refractivity (Wildman–Crippen MR) is 186 cm³/mol. The first-order chi connectivity index (χ1) is 23.1. The summed E-state index contributed by atoms with van der Waals surface area (Å²) in [5, 5.41) is 14.7. The van der Waals surface area contributed by atoms with E-state index < -0.39 is 0 Å². The molecule has 0 bridgehead atoms. The number of ether oxygens (including phenoxy) is 1. The molecule has 9 heteroatoms. The Balaban J connectivity index is 1.27. The molecule has 0 saturated carbocycles. The minimum absolute atomic E-state index is 0.186. The summed E-state index contributed by atoms with van der Waals surface area (Å²) in [7, 11) is 0. The molecule has 47 heavy (non-hydrogen) atoms. The quantitative estimate of drug-likeness (QED) is 0.138. The maximum atomic E-state index is 7.00. The number of unbranched alkanes of at least 4 members (excludes halogenated alkanes) is 2. The number of rotatable bonds is 13. The van der Waals surface area contributed by atoms with Gasteiger partial charge in [0, 0.05) is 24.9 Å².